The maximum absolute atomic E-state index is 12.7. The van der Waals surface area contributed by atoms with Crippen molar-refractivity contribution >= 4 is 21.4 Å². The van der Waals surface area contributed by atoms with Gasteiger partial charge in [-0.15, -0.1) is 11.3 Å². The van der Waals surface area contributed by atoms with Crippen LogP contribution in [0.2, 0.25) is 0 Å². The van der Waals surface area contributed by atoms with Crippen LogP contribution in [0.5, 0.6) is 5.75 Å². The first-order chi connectivity index (χ1) is 13.1. The van der Waals surface area contributed by atoms with Gasteiger partial charge in [0.1, 0.15) is 18.1 Å². The van der Waals surface area contributed by atoms with Gasteiger partial charge in [-0.3, -0.25) is 0 Å². The largest absolute Gasteiger partial charge is 0.487 e. The van der Waals surface area contributed by atoms with Gasteiger partial charge in [-0.05, 0) is 48.6 Å². The summed E-state index contributed by atoms with van der Waals surface area (Å²) in [4.78, 5) is 1.32. The molecule has 0 atom stereocenters. The molecule has 0 N–H and O–H groups in total. The van der Waals surface area contributed by atoms with Crippen LogP contribution >= 0.6 is 11.3 Å². The van der Waals surface area contributed by atoms with Crippen LogP contribution in [0.25, 0.3) is 10.6 Å². The summed E-state index contributed by atoms with van der Waals surface area (Å²) in [5, 5.41) is 5.99. The molecule has 0 saturated carbocycles. The number of nitrogens with zero attached hydrogens (tertiary/aromatic N) is 2. The SMILES string of the molecule is O=S(=O)(c1ccc(OCc2cc(-c3cccs3)on2)cc1)N1CCCCC1. The summed E-state index contributed by atoms with van der Waals surface area (Å²) in [6, 6.07) is 12.3. The second kappa shape index (κ2) is 7.84. The van der Waals surface area contributed by atoms with Gasteiger partial charge in [0.15, 0.2) is 5.76 Å². The molecule has 27 heavy (non-hydrogen) atoms. The van der Waals surface area contributed by atoms with Gasteiger partial charge >= 0.3 is 0 Å². The maximum atomic E-state index is 12.7. The van der Waals surface area contributed by atoms with E-state index in [1.807, 2.05) is 23.6 Å². The van der Waals surface area contributed by atoms with Gasteiger partial charge in [0, 0.05) is 19.2 Å². The van der Waals surface area contributed by atoms with E-state index < -0.39 is 10.0 Å². The van der Waals surface area contributed by atoms with Crippen LogP contribution in [0.1, 0.15) is 25.0 Å². The van der Waals surface area contributed by atoms with Crippen molar-refractivity contribution < 1.29 is 17.7 Å². The monoisotopic (exact) mass is 404 g/mol. The standard InChI is InChI=1S/C19H20N2O4S2/c22-27(23,21-10-2-1-3-11-21)17-8-6-16(7-9-17)24-14-15-13-18(25-20-15)19-5-4-12-26-19/h4-9,12-13H,1-3,10-11,14H2. The Morgan fingerprint density at radius 2 is 1.89 bits per heavy atom. The van der Waals surface area contributed by atoms with Crippen molar-refractivity contribution in [3.63, 3.8) is 0 Å². The van der Waals surface area contributed by atoms with Gasteiger partial charge in [0.2, 0.25) is 10.0 Å². The Balaban J connectivity index is 1.39. The Labute approximate surface area is 162 Å². The van der Waals surface area contributed by atoms with Crippen molar-refractivity contribution in [2.24, 2.45) is 0 Å². The van der Waals surface area contributed by atoms with E-state index in [2.05, 4.69) is 5.16 Å². The highest BCUT2D eigenvalue weighted by Gasteiger charge is 2.25. The van der Waals surface area contributed by atoms with E-state index in [1.165, 1.54) is 0 Å². The molecule has 1 saturated heterocycles. The van der Waals surface area contributed by atoms with Crippen molar-refractivity contribution in [3.05, 3.63) is 53.5 Å². The molecule has 2 aromatic heterocycles. The van der Waals surface area contributed by atoms with Crippen LogP contribution in [0.15, 0.2) is 57.3 Å². The van der Waals surface area contributed by atoms with Gasteiger partial charge in [-0.2, -0.15) is 4.31 Å². The lowest BCUT2D eigenvalue weighted by atomic mass is 10.2. The number of piperidine rings is 1. The van der Waals surface area contributed by atoms with E-state index in [9.17, 15) is 8.42 Å². The molecular formula is C19H20N2O4S2. The minimum Gasteiger partial charge on any atom is -0.487 e. The number of aromatic nitrogens is 1. The minimum atomic E-state index is -3.42. The molecule has 1 aliphatic heterocycles. The fourth-order valence-electron chi connectivity index (χ4n) is 3.03. The van der Waals surface area contributed by atoms with Crippen LogP contribution in [0, 0.1) is 0 Å². The van der Waals surface area contributed by atoms with E-state index >= 15 is 0 Å². The highest BCUT2D eigenvalue weighted by Crippen LogP contribution is 2.26. The number of hydrogen-bond donors (Lipinski definition) is 0. The molecule has 0 amide bonds. The van der Waals surface area contributed by atoms with E-state index in [1.54, 1.807) is 39.9 Å². The lowest BCUT2D eigenvalue weighted by Crippen LogP contribution is -2.35. The zero-order valence-electron chi connectivity index (χ0n) is 14.7. The summed E-state index contributed by atoms with van der Waals surface area (Å²) in [5.74, 6) is 1.31. The van der Waals surface area contributed by atoms with Gasteiger partial charge in [-0.1, -0.05) is 17.6 Å². The summed E-state index contributed by atoms with van der Waals surface area (Å²) in [7, 11) is -3.42. The number of sulfonamides is 1. The molecule has 4 rings (SSSR count). The number of thiophene rings is 1. The second-order valence-corrected chi connectivity index (χ2v) is 9.27. The Bertz CT molecular complexity index is 973. The van der Waals surface area contributed by atoms with Gasteiger partial charge in [0.05, 0.1) is 9.77 Å². The summed E-state index contributed by atoms with van der Waals surface area (Å²) in [6.45, 7) is 1.45. The number of benzene rings is 1. The third-order valence-electron chi connectivity index (χ3n) is 4.49. The molecular weight excluding hydrogens is 384 g/mol. The second-order valence-electron chi connectivity index (χ2n) is 6.38. The molecule has 3 aromatic rings. The Morgan fingerprint density at radius 1 is 1.11 bits per heavy atom. The van der Waals surface area contributed by atoms with Crippen molar-refractivity contribution in [2.75, 3.05) is 13.1 Å². The Morgan fingerprint density at radius 3 is 2.59 bits per heavy atom. The molecule has 0 bridgehead atoms. The van der Waals surface area contributed by atoms with E-state index in [4.69, 9.17) is 9.26 Å². The van der Waals surface area contributed by atoms with Gasteiger partial charge in [-0.25, -0.2) is 8.42 Å². The highest BCUT2D eigenvalue weighted by molar-refractivity contribution is 7.89. The first-order valence-electron chi connectivity index (χ1n) is 8.85. The normalized spacial score (nSPS) is 15.7. The molecule has 0 spiro atoms. The lowest BCUT2D eigenvalue weighted by Gasteiger charge is -2.25. The van der Waals surface area contributed by atoms with Crippen molar-refractivity contribution in [2.45, 2.75) is 30.8 Å². The minimum absolute atomic E-state index is 0.257. The molecule has 142 valence electrons. The van der Waals surface area contributed by atoms with Crippen LogP contribution in [0.4, 0.5) is 0 Å². The third-order valence-corrected chi connectivity index (χ3v) is 7.28. The maximum Gasteiger partial charge on any atom is 0.243 e. The van der Waals surface area contributed by atoms with Gasteiger partial charge in [0.25, 0.3) is 0 Å². The van der Waals surface area contributed by atoms with Gasteiger partial charge < -0.3 is 9.26 Å². The van der Waals surface area contributed by atoms with Crippen LogP contribution < -0.4 is 4.74 Å². The average Bonchev–Trinajstić information content (AvgIpc) is 3.39. The first kappa shape index (κ1) is 18.2. The predicted octanol–water partition coefficient (Wildman–Crippen LogP) is 4.16. The first-order valence-corrected chi connectivity index (χ1v) is 11.2. The molecule has 1 fully saturated rings. The fourth-order valence-corrected chi connectivity index (χ4v) is 5.22. The molecule has 8 heteroatoms. The quantitative estimate of drug-likeness (QED) is 0.617. The number of hydrogen-bond acceptors (Lipinski definition) is 6. The van der Waals surface area contributed by atoms with Crippen LogP contribution in [0.3, 0.4) is 0 Å². The molecule has 1 aliphatic rings. The number of ether oxygens (including phenoxy) is 1. The van der Waals surface area contributed by atoms with E-state index in [-0.39, 0.29) is 6.61 Å². The molecule has 0 unspecified atom stereocenters. The van der Waals surface area contributed by atoms with E-state index in [0.717, 1.165) is 24.1 Å². The van der Waals surface area contributed by atoms with E-state index in [0.29, 0.717) is 35.2 Å². The Hall–Kier alpha value is -2.16. The van der Waals surface area contributed by atoms with Crippen LogP contribution in [-0.4, -0.2) is 31.0 Å². The zero-order valence-corrected chi connectivity index (χ0v) is 16.3. The molecule has 0 aliphatic carbocycles. The molecule has 1 aromatic carbocycles. The van der Waals surface area contributed by atoms with Crippen molar-refractivity contribution in [3.8, 4) is 16.4 Å². The molecule has 3 heterocycles. The fraction of sp³-hybridized carbons (Fsp3) is 0.316. The lowest BCUT2D eigenvalue weighted by molar-refractivity contribution is 0.290. The molecule has 6 nitrogen and oxygen atoms in total. The Kier molecular flexibility index (Phi) is 5.29. The smallest absolute Gasteiger partial charge is 0.243 e. The number of rotatable bonds is 6. The summed E-state index contributed by atoms with van der Waals surface area (Å²) in [5.41, 5.74) is 0.684. The van der Waals surface area contributed by atoms with Crippen molar-refractivity contribution in [1.29, 1.82) is 0 Å². The topological polar surface area (TPSA) is 72.6 Å². The van der Waals surface area contributed by atoms with Crippen molar-refractivity contribution in [1.82, 2.24) is 9.46 Å². The zero-order chi connectivity index (χ0) is 18.7. The van der Waals surface area contributed by atoms with Crippen LogP contribution in [-0.2, 0) is 16.6 Å². The highest BCUT2D eigenvalue weighted by atomic mass is 32.2. The summed E-state index contributed by atoms with van der Waals surface area (Å²) < 4.78 is 37.9. The predicted molar refractivity (Wildman–Crippen MR) is 103 cm³/mol. The molecule has 0 radical (unpaired) electrons. The third kappa shape index (κ3) is 4.07. The average molecular weight is 405 g/mol. The summed E-state index contributed by atoms with van der Waals surface area (Å²) in [6.07, 6.45) is 2.94. The summed E-state index contributed by atoms with van der Waals surface area (Å²) >= 11 is 1.58.